The summed E-state index contributed by atoms with van der Waals surface area (Å²) in [7, 11) is -4.15. The van der Waals surface area contributed by atoms with Gasteiger partial charge in [-0.25, -0.2) is 0 Å². The molecule has 130 valence electrons. The van der Waals surface area contributed by atoms with Gasteiger partial charge in [0.05, 0.1) is 5.56 Å². The van der Waals surface area contributed by atoms with Crippen molar-refractivity contribution in [3.63, 3.8) is 0 Å². The molecule has 0 aliphatic heterocycles. The maximum atomic E-state index is 12.6. The highest BCUT2D eigenvalue weighted by Crippen LogP contribution is 2.40. The van der Waals surface area contributed by atoms with Gasteiger partial charge in [0.1, 0.15) is 4.90 Å². The molecule has 0 fully saturated rings. The second kappa shape index (κ2) is 6.11. The molecular formula is C19H18O5S. The van der Waals surface area contributed by atoms with Gasteiger partial charge in [-0.15, -0.1) is 0 Å². The molecule has 0 bridgehead atoms. The highest BCUT2D eigenvalue weighted by molar-refractivity contribution is 7.87. The average molecular weight is 358 g/mol. The van der Waals surface area contributed by atoms with E-state index in [1.165, 1.54) is 37.3 Å². The van der Waals surface area contributed by atoms with Crippen molar-refractivity contribution in [2.24, 2.45) is 0 Å². The van der Waals surface area contributed by atoms with Crippen LogP contribution in [0.5, 0.6) is 5.75 Å². The zero-order valence-electron chi connectivity index (χ0n) is 14.2. The van der Waals surface area contributed by atoms with Crippen molar-refractivity contribution in [3.05, 3.63) is 58.7 Å². The molecule has 3 rings (SSSR count). The second-order valence-electron chi connectivity index (χ2n) is 6.32. The van der Waals surface area contributed by atoms with E-state index in [0.29, 0.717) is 12.0 Å². The average Bonchev–Trinajstić information content (AvgIpc) is 2.86. The summed E-state index contributed by atoms with van der Waals surface area (Å²) in [6.07, 6.45) is 0.344. The minimum Gasteiger partial charge on any atom is -0.378 e. The first-order valence-corrected chi connectivity index (χ1v) is 9.33. The van der Waals surface area contributed by atoms with Crippen molar-refractivity contribution in [3.8, 4) is 5.75 Å². The Morgan fingerprint density at radius 3 is 2.60 bits per heavy atom. The van der Waals surface area contributed by atoms with E-state index in [2.05, 4.69) is 0 Å². The molecule has 0 radical (unpaired) electrons. The lowest BCUT2D eigenvalue weighted by Crippen LogP contribution is -2.13. The van der Waals surface area contributed by atoms with E-state index in [1.807, 2.05) is 13.8 Å². The number of aryl methyl sites for hydroxylation is 1. The summed E-state index contributed by atoms with van der Waals surface area (Å²) in [5.41, 5.74) is 2.41. The van der Waals surface area contributed by atoms with Crippen LogP contribution >= 0.6 is 0 Å². The van der Waals surface area contributed by atoms with Gasteiger partial charge in [0.15, 0.2) is 17.3 Å². The molecule has 2 aromatic rings. The van der Waals surface area contributed by atoms with E-state index >= 15 is 0 Å². The summed E-state index contributed by atoms with van der Waals surface area (Å²) < 4.78 is 30.5. The van der Waals surface area contributed by atoms with Gasteiger partial charge < -0.3 is 4.18 Å². The Kier molecular flexibility index (Phi) is 4.24. The number of benzene rings is 2. The standard InChI is InChI=1S/C19H18O5S/c1-11-7-8-17(19-16(21)9-12(2)18(11)19)24-25(22,23)15-6-4-5-14(10-15)13(3)20/h4-8,10,12H,9H2,1-3H3/t12-/m0/s1. The number of carbonyl (C=O) groups excluding carboxylic acids is 2. The number of Topliss-reactive ketones (excluding diaryl/α,β-unsaturated/α-hetero) is 2. The van der Waals surface area contributed by atoms with Crippen LogP contribution in [-0.2, 0) is 10.1 Å². The molecule has 1 aliphatic carbocycles. The monoisotopic (exact) mass is 358 g/mol. The van der Waals surface area contributed by atoms with Crippen LogP contribution in [0.3, 0.4) is 0 Å². The number of rotatable bonds is 4. The molecule has 0 heterocycles. The predicted octanol–water partition coefficient (Wildman–Crippen LogP) is 3.66. The summed E-state index contributed by atoms with van der Waals surface area (Å²) >= 11 is 0. The lowest BCUT2D eigenvalue weighted by molar-refractivity contribution is 0.0986. The minimum absolute atomic E-state index is 0.0368. The quantitative estimate of drug-likeness (QED) is 0.616. The Hall–Kier alpha value is -2.47. The maximum absolute atomic E-state index is 12.6. The fourth-order valence-electron chi connectivity index (χ4n) is 3.21. The molecule has 0 N–H and O–H groups in total. The fourth-order valence-corrected chi connectivity index (χ4v) is 4.20. The van der Waals surface area contributed by atoms with Crippen molar-refractivity contribution in [2.45, 2.75) is 38.0 Å². The van der Waals surface area contributed by atoms with Crippen molar-refractivity contribution in [1.29, 1.82) is 0 Å². The molecule has 2 aromatic carbocycles. The van der Waals surface area contributed by atoms with Crippen LogP contribution in [0, 0.1) is 6.92 Å². The molecular weight excluding hydrogens is 340 g/mol. The Morgan fingerprint density at radius 2 is 1.92 bits per heavy atom. The second-order valence-corrected chi connectivity index (χ2v) is 7.87. The van der Waals surface area contributed by atoms with Crippen LogP contribution in [0.2, 0.25) is 0 Å². The van der Waals surface area contributed by atoms with E-state index in [1.54, 1.807) is 6.07 Å². The lowest BCUT2D eigenvalue weighted by Gasteiger charge is -2.13. The third-order valence-electron chi connectivity index (χ3n) is 4.42. The summed E-state index contributed by atoms with van der Waals surface area (Å²) in [5, 5.41) is 0. The Morgan fingerprint density at radius 1 is 1.20 bits per heavy atom. The number of fused-ring (bicyclic) bond motifs is 1. The molecule has 5 nitrogen and oxygen atoms in total. The molecule has 1 aliphatic rings. The number of hydrogen-bond acceptors (Lipinski definition) is 5. The molecule has 25 heavy (non-hydrogen) atoms. The van der Waals surface area contributed by atoms with Gasteiger partial charge in [0.2, 0.25) is 0 Å². The Bertz CT molecular complexity index is 989. The van der Waals surface area contributed by atoms with E-state index in [9.17, 15) is 18.0 Å². The molecule has 0 amide bonds. The first-order valence-electron chi connectivity index (χ1n) is 7.93. The van der Waals surface area contributed by atoms with Gasteiger partial charge in [-0.1, -0.05) is 25.1 Å². The SMILES string of the molecule is CC(=O)c1cccc(S(=O)(=O)Oc2ccc(C)c3c2C(=O)C[C@@H]3C)c1. The van der Waals surface area contributed by atoms with Crippen molar-refractivity contribution >= 4 is 21.7 Å². The van der Waals surface area contributed by atoms with E-state index < -0.39 is 10.1 Å². The van der Waals surface area contributed by atoms with Gasteiger partial charge in [-0.2, -0.15) is 8.42 Å². The maximum Gasteiger partial charge on any atom is 0.339 e. The number of hydrogen-bond donors (Lipinski definition) is 0. The van der Waals surface area contributed by atoms with E-state index in [-0.39, 0.29) is 33.7 Å². The number of carbonyl (C=O) groups is 2. The fraction of sp³-hybridized carbons (Fsp3) is 0.263. The highest BCUT2D eigenvalue weighted by Gasteiger charge is 2.32. The van der Waals surface area contributed by atoms with Gasteiger partial charge >= 0.3 is 10.1 Å². The zero-order valence-corrected chi connectivity index (χ0v) is 15.0. The summed E-state index contributed by atoms with van der Waals surface area (Å²) in [6.45, 7) is 5.19. The largest absolute Gasteiger partial charge is 0.378 e. The number of ketones is 2. The van der Waals surface area contributed by atoms with E-state index in [4.69, 9.17) is 4.18 Å². The zero-order chi connectivity index (χ0) is 18.4. The summed E-state index contributed by atoms with van der Waals surface area (Å²) in [4.78, 5) is 23.7. The first-order chi connectivity index (χ1) is 11.7. The van der Waals surface area contributed by atoms with Crippen molar-refractivity contribution < 1.29 is 22.2 Å². The van der Waals surface area contributed by atoms with Crippen LogP contribution in [0.25, 0.3) is 0 Å². The van der Waals surface area contributed by atoms with Crippen LogP contribution < -0.4 is 4.18 Å². The minimum atomic E-state index is -4.15. The van der Waals surface area contributed by atoms with Crippen LogP contribution in [0.4, 0.5) is 0 Å². The first kappa shape index (κ1) is 17.4. The normalized spacial score (nSPS) is 16.6. The van der Waals surface area contributed by atoms with Crippen LogP contribution in [0.15, 0.2) is 41.3 Å². The smallest absolute Gasteiger partial charge is 0.339 e. The van der Waals surface area contributed by atoms with Gasteiger partial charge in [-0.3, -0.25) is 9.59 Å². The van der Waals surface area contributed by atoms with Crippen LogP contribution in [0.1, 0.15) is 58.0 Å². The topological polar surface area (TPSA) is 77.5 Å². The summed E-state index contributed by atoms with van der Waals surface area (Å²) in [5.74, 6) is -0.274. The molecule has 0 unspecified atom stereocenters. The van der Waals surface area contributed by atoms with Crippen molar-refractivity contribution in [1.82, 2.24) is 0 Å². The molecule has 0 saturated carbocycles. The Balaban J connectivity index is 2.05. The van der Waals surface area contributed by atoms with Gasteiger partial charge in [0.25, 0.3) is 0 Å². The Labute approximate surface area is 146 Å². The third-order valence-corrected chi connectivity index (χ3v) is 5.65. The lowest BCUT2D eigenvalue weighted by atomic mass is 9.98. The molecule has 6 heteroatoms. The van der Waals surface area contributed by atoms with Gasteiger partial charge in [0, 0.05) is 12.0 Å². The predicted molar refractivity (Wildman–Crippen MR) is 92.8 cm³/mol. The van der Waals surface area contributed by atoms with Crippen molar-refractivity contribution in [2.75, 3.05) is 0 Å². The molecule has 0 saturated heterocycles. The molecule has 0 spiro atoms. The molecule has 1 atom stereocenters. The van der Waals surface area contributed by atoms with Gasteiger partial charge in [-0.05, 0) is 49.1 Å². The summed E-state index contributed by atoms with van der Waals surface area (Å²) in [6, 6.07) is 8.92. The molecule has 0 aromatic heterocycles. The van der Waals surface area contributed by atoms with Crippen LogP contribution in [-0.4, -0.2) is 20.0 Å². The van der Waals surface area contributed by atoms with E-state index in [0.717, 1.165) is 11.1 Å². The third kappa shape index (κ3) is 3.09. The highest BCUT2D eigenvalue weighted by atomic mass is 32.2.